The Hall–Kier alpha value is -2.11. The number of nitrogens with zero attached hydrogens (tertiary/aromatic N) is 3. The molecule has 0 atom stereocenters. The fourth-order valence-corrected chi connectivity index (χ4v) is 5.77. The van der Waals surface area contributed by atoms with Crippen molar-refractivity contribution in [2.75, 3.05) is 18.5 Å². The molecule has 162 valence electrons. The summed E-state index contributed by atoms with van der Waals surface area (Å²) in [5.41, 5.74) is 0.0372. The number of urea groups is 1. The van der Waals surface area contributed by atoms with Crippen molar-refractivity contribution in [1.82, 2.24) is 19.9 Å². The molecule has 0 aromatic carbocycles. The van der Waals surface area contributed by atoms with E-state index in [0.717, 1.165) is 42.7 Å². The molecule has 2 aliphatic rings. The van der Waals surface area contributed by atoms with Crippen molar-refractivity contribution < 1.29 is 19.4 Å². The summed E-state index contributed by atoms with van der Waals surface area (Å²) in [6.45, 7) is 1.39. The first-order valence-electron chi connectivity index (χ1n) is 10.2. The number of carbonyl (C=O) groups excluding carboxylic acids is 1. The Bertz CT molecular complexity index is 856. The molecule has 0 spiro atoms. The van der Waals surface area contributed by atoms with Crippen LogP contribution in [0.2, 0.25) is 0 Å². The number of carboxylic acid groups (broad SMARTS) is 1. The Morgan fingerprint density at radius 3 is 2.57 bits per heavy atom. The molecule has 1 aliphatic heterocycles. The van der Waals surface area contributed by atoms with Crippen molar-refractivity contribution in [1.29, 1.82) is 0 Å². The quantitative estimate of drug-likeness (QED) is 0.605. The third-order valence-electron chi connectivity index (χ3n) is 5.47. The summed E-state index contributed by atoms with van der Waals surface area (Å²) in [4.78, 5) is 37.3. The number of amides is 2. The van der Waals surface area contributed by atoms with Gasteiger partial charge in [-0.25, -0.2) is 19.6 Å². The Morgan fingerprint density at radius 1 is 1.13 bits per heavy atom. The molecule has 0 bridgehead atoms. The van der Waals surface area contributed by atoms with Crippen LogP contribution in [0.4, 0.5) is 9.93 Å². The number of aromatic carboxylic acids is 1. The van der Waals surface area contributed by atoms with Gasteiger partial charge in [0.2, 0.25) is 0 Å². The first kappa shape index (κ1) is 21.1. The van der Waals surface area contributed by atoms with Crippen LogP contribution in [0.1, 0.15) is 55.4 Å². The average molecular weight is 452 g/mol. The Kier molecular flexibility index (Phi) is 6.90. The van der Waals surface area contributed by atoms with Crippen molar-refractivity contribution in [3.8, 4) is 0 Å². The number of anilines is 1. The van der Waals surface area contributed by atoms with E-state index in [0.29, 0.717) is 23.5 Å². The monoisotopic (exact) mass is 451 g/mol. The van der Waals surface area contributed by atoms with E-state index in [4.69, 9.17) is 9.84 Å². The Balaban J connectivity index is 1.42. The summed E-state index contributed by atoms with van der Waals surface area (Å²) in [7, 11) is 0. The molecule has 3 N–H and O–H groups in total. The first-order valence-corrected chi connectivity index (χ1v) is 11.8. The van der Waals surface area contributed by atoms with Crippen LogP contribution in [-0.2, 0) is 4.74 Å². The number of thiazole rings is 1. The second kappa shape index (κ2) is 9.80. The predicted octanol–water partition coefficient (Wildman–Crippen LogP) is 4.06. The van der Waals surface area contributed by atoms with Crippen molar-refractivity contribution in [2.45, 2.75) is 66.4 Å². The molecule has 11 heteroatoms. The van der Waals surface area contributed by atoms with E-state index >= 15 is 0 Å². The number of carbonyl (C=O) groups is 2. The second-order valence-electron chi connectivity index (χ2n) is 7.47. The van der Waals surface area contributed by atoms with Crippen LogP contribution in [0.5, 0.6) is 0 Å². The van der Waals surface area contributed by atoms with Crippen molar-refractivity contribution >= 4 is 40.2 Å². The van der Waals surface area contributed by atoms with Gasteiger partial charge in [-0.2, -0.15) is 0 Å². The topological polar surface area (TPSA) is 120 Å². The van der Waals surface area contributed by atoms with E-state index < -0.39 is 5.97 Å². The molecule has 9 nitrogen and oxygen atoms in total. The molecule has 0 unspecified atom stereocenters. The van der Waals surface area contributed by atoms with Crippen molar-refractivity contribution in [3.63, 3.8) is 0 Å². The normalized spacial score (nSPS) is 18.3. The summed E-state index contributed by atoms with van der Waals surface area (Å²) in [6, 6.07) is 0.382. The van der Waals surface area contributed by atoms with Gasteiger partial charge in [-0.3, -0.25) is 5.32 Å². The number of rotatable bonds is 6. The van der Waals surface area contributed by atoms with Gasteiger partial charge in [0.05, 0.1) is 16.6 Å². The summed E-state index contributed by atoms with van der Waals surface area (Å²) >= 11 is 2.63. The summed E-state index contributed by atoms with van der Waals surface area (Å²) in [5, 5.41) is 13.0. The van der Waals surface area contributed by atoms with Gasteiger partial charge in [0, 0.05) is 25.3 Å². The number of nitrogens with one attached hydrogen (secondary N) is 2. The SMILES string of the molecule is O=C(O)c1cnc(Sc2cnc(NC(=O)N(C3CCCCC3)C3CCOCC3)s2)[nH]1. The third kappa shape index (κ3) is 5.13. The fourth-order valence-electron chi connectivity index (χ4n) is 4.03. The van der Waals surface area contributed by atoms with Crippen LogP contribution in [0.3, 0.4) is 0 Å². The fraction of sp³-hybridized carbons (Fsp3) is 0.579. The maximum atomic E-state index is 13.2. The Labute approximate surface area is 182 Å². The highest BCUT2D eigenvalue weighted by molar-refractivity contribution is 8.01. The van der Waals surface area contributed by atoms with Crippen LogP contribution in [-0.4, -0.2) is 62.3 Å². The van der Waals surface area contributed by atoms with Crippen LogP contribution in [0.25, 0.3) is 0 Å². The largest absolute Gasteiger partial charge is 0.477 e. The zero-order valence-electron chi connectivity index (χ0n) is 16.5. The molecule has 0 radical (unpaired) electrons. The standard InChI is InChI=1S/C19H25N5O4S2/c25-16(26)14-10-20-17(22-14)29-15-11-21-18(30-15)23-19(27)24(12-4-2-1-3-5-12)13-6-8-28-9-7-13/h10-13H,1-9H2,(H,20,22)(H,25,26)(H,21,23,27). The van der Waals surface area contributed by atoms with Crippen molar-refractivity contribution in [2.24, 2.45) is 0 Å². The minimum Gasteiger partial charge on any atom is -0.477 e. The van der Waals surface area contributed by atoms with E-state index in [-0.39, 0.29) is 23.8 Å². The maximum Gasteiger partial charge on any atom is 0.353 e. The number of aromatic nitrogens is 3. The number of carboxylic acids is 1. The number of H-pyrrole nitrogens is 1. The molecule has 30 heavy (non-hydrogen) atoms. The van der Waals surface area contributed by atoms with Crippen molar-refractivity contribution in [3.05, 3.63) is 18.1 Å². The number of ether oxygens (including phenoxy) is 1. The number of hydrogen-bond acceptors (Lipinski definition) is 7. The number of imidazole rings is 1. The molecule has 2 fully saturated rings. The highest BCUT2D eigenvalue weighted by Gasteiger charge is 2.33. The van der Waals surface area contributed by atoms with Gasteiger partial charge in [-0.15, -0.1) is 0 Å². The second-order valence-corrected chi connectivity index (χ2v) is 9.79. The van der Waals surface area contributed by atoms with E-state index in [2.05, 4.69) is 20.3 Å². The molecule has 2 aromatic heterocycles. The van der Waals surface area contributed by atoms with Gasteiger partial charge in [0.15, 0.2) is 10.3 Å². The van der Waals surface area contributed by atoms with E-state index in [9.17, 15) is 9.59 Å². The average Bonchev–Trinajstić information content (AvgIpc) is 3.40. The highest BCUT2D eigenvalue weighted by atomic mass is 32.2. The molecule has 1 aliphatic carbocycles. The van der Waals surface area contributed by atoms with Gasteiger partial charge in [0.25, 0.3) is 0 Å². The molecule has 4 rings (SSSR count). The molecular weight excluding hydrogens is 426 g/mol. The summed E-state index contributed by atoms with van der Waals surface area (Å²) < 4.78 is 6.31. The number of aromatic amines is 1. The van der Waals surface area contributed by atoms with Crippen LogP contribution in [0.15, 0.2) is 21.8 Å². The van der Waals surface area contributed by atoms with Crippen LogP contribution < -0.4 is 5.32 Å². The first-order chi connectivity index (χ1) is 14.6. The minimum atomic E-state index is -1.05. The molecular formula is C19H25N5O4S2. The van der Waals surface area contributed by atoms with Gasteiger partial charge in [-0.1, -0.05) is 30.6 Å². The molecule has 3 heterocycles. The molecule has 1 saturated carbocycles. The van der Waals surface area contributed by atoms with Gasteiger partial charge in [0.1, 0.15) is 5.69 Å². The highest BCUT2D eigenvalue weighted by Crippen LogP contribution is 2.33. The van der Waals surface area contributed by atoms with Gasteiger partial charge >= 0.3 is 12.0 Å². The lowest BCUT2D eigenvalue weighted by Crippen LogP contribution is -2.51. The van der Waals surface area contributed by atoms with Gasteiger partial charge < -0.3 is 19.7 Å². The lowest BCUT2D eigenvalue weighted by atomic mass is 9.92. The van der Waals surface area contributed by atoms with E-state index in [1.165, 1.54) is 35.7 Å². The lowest BCUT2D eigenvalue weighted by Gasteiger charge is -2.41. The minimum absolute atomic E-state index is 0.0372. The van der Waals surface area contributed by atoms with E-state index in [1.807, 2.05) is 4.90 Å². The van der Waals surface area contributed by atoms with Gasteiger partial charge in [-0.05, 0) is 37.4 Å². The zero-order chi connectivity index (χ0) is 20.9. The number of hydrogen-bond donors (Lipinski definition) is 3. The lowest BCUT2D eigenvalue weighted by molar-refractivity contribution is 0.0302. The maximum absolute atomic E-state index is 13.2. The summed E-state index contributed by atoms with van der Waals surface area (Å²) in [5.74, 6) is -1.05. The molecule has 2 amide bonds. The van der Waals surface area contributed by atoms with Crippen LogP contribution >= 0.6 is 23.1 Å². The Morgan fingerprint density at radius 2 is 1.87 bits per heavy atom. The summed E-state index contributed by atoms with van der Waals surface area (Å²) in [6.07, 6.45) is 10.3. The zero-order valence-corrected chi connectivity index (χ0v) is 18.1. The van der Waals surface area contributed by atoms with E-state index in [1.54, 1.807) is 6.20 Å². The molecule has 2 aromatic rings. The van der Waals surface area contributed by atoms with Crippen LogP contribution in [0, 0.1) is 0 Å². The molecule has 1 saturated heterocycles. The predicted molar refractivity (Wildman–Crippen MR) is 113 cm³/mol. The smallest absolute Gasteiger partial charge is 0.353 e. The third-order valence-corrected chi connectivity index (χ3v) is 7.38.